The van der Waals surface area contributed by atoms with Crippen molar-refractivity contribution in [3.63, 3.8) is 0 Å². The highest BCUT2D eigenvalue weighted by Crippen LogP contribution is 2.23. The lowest BCUT2D eigenvalue weighted by Crippen LogP contribution is -2.60. The van der Waals surface area contributed by atoms with Gasteiger partial charge in [0, 0.05) is 6.42 Å². The van der Waals surface area contributed by atoms with Gasteiger partial charge in [-0.1, -0.05) is 135 Å². The van der Waals surface area contributed by atoms with Crippen molar-refractivity contribution in [2.75, 3.05) is 26.3 Å². The van der Waals surface area contributed by atoms with Crippen molar-refractivity contribution in [1.29, 1.82) is 0 Å². The normalized spacial score (nSPS) is 24.7. The highest BCUT2D eigenvalue weighted by molar-refractivity contribution is 5.76. The summed E-state index contributed by atoms with van der Waals surface area (Å²) in [6.45, 7) is 3.68. The molecule has 2 saturated heterocycles. The second kappa shape index (κ2) is 29.5. The van der Waals surface area contributed by atoms with Crippen LogP contribution in [0.5, 0.6) is 0 Å². The summed E-state index contributed by atoms with van der Waals surface area (Å²) < 4.78 is 11.1. The second-order valence-electron chi connectivity index (χ2n) is 15.5. The molecule has 51 heavy (non-hydrogen) atoms. The SMILES string of the molecule is CCCCCCCCCCCCCC[C@@H](O)[C@@H](O)[C@H](CO[C@H]1O[C@H](CO)[C@H](O)[C@H](O)[C@H]1O)NC(=O)CCCCCCCCCCC1CCNCC1. The number of aliphatic hydroxyl groups excluding tert-OH is 6. The van der Waals surface area contributed by atoms with Crippen molar-refractivity contribution >= 4 is 5.91 Å². The van der Waals surface area contributed by atoms with Crippen molar-refractivity contribution in [3.05, 3.63) is 0 Å². The zero-order valence-electron chi connectivity index (χ0n) is 32.1. The molecule has 2 heterocycles. The van der Waals surface area contributed by atoms with Gasteiger partial charge in [-0.05, 0) is 44.7 Å². The van der Waals surface area contributed by atoms with E-state index < -0.39 is 55.6 Å². The quantitative estimate of drug-likeness (QED) is 0.0453. The van der Waals surface area contributed by atoms with Gasteiger partial charge >= 0.3 is 0 Å². The second-order valence-corrected chi connectivity index (χ2v) is 15.5. The maximum atomic E-state index is 12.9. The van der Waals surface area contributed by atoms with Crippen LogP contribution in [-0.2, 0) is 14.3 Å². The predicted octanol–water partition coefficient (Wildman–Crippen LogP) is 5.00. The van der Waals surface area contributed by atoms with Crippen LogP contribution in [0.15, 0.2) is 0 Å². The Hall–Kier alpha value is -0.890. The summed E-state index contributed by atoms with van der Waals surface area (Å²) >= 11 is 0. The number of ether oxygens (including phenoxy) is 2. The molecular weight excluding hydrogens is 652 g/mol. The van der Waals surface area contributed by atoms with E-state index >= 15 is 0 Å². The van der Waals surface area contributed by atoms with E-state index in [2.05, 4.69) is 17.6 Å². The van der Waals surface area contributed by atoms with Gasteiger partial charge in [0.1, 0.15) is 30.5 Å². The first-order chi connectivity index (χ1) is 24.8. The minimum absolute atomic E-state index is 0.257. The average molecular weight is 731 g/mol. The van der Waals surface area contributed by atoms with Crippen LogP contribution in [-0.4, -0.2) is 112 Å². The molecule has 2 aliphatic heterocycles. The third-order valence-corrected chi connectivity index (χ3v) is 11.0. The molecule has 11 nitrogen and oxygen atoms in total. The van der Waals surface area contributed by atoms with Gasteiger partial charge in [0.25, 0.3) is 0 Å². The number of carbonyl (C=O) groups is 1. The summed E-state index contributed by atoms with van der Waals surface area (Å²) in [6, 6.07) is -0.984. The molecule has 0 aromatic carbocycles. The van der Waals surface area contributed by atoms with Gasteiger partial charge in [-0.25, -0.2) is 0 Å². The first kappa shape index (κ1) is 46.3. The van der Waals surface area contributed by atoms with Crippen molar-refractivity contribution in [3.8, 4) is 0 Å². The molecule has 302 valence electrons. The molecule has 0 aromatic rings. The Bertz CT molecular complexity index is 832. The molecule has 2 aliphatic rings. The van der Waals surface area contributed by atoms with Crippen molar-refractivity contribution in [2.24, 2.45) is 5.92 Å². The molecule has 2 rings (SSSR count). The Morgan fingerprint density at radius 1 is 0.745 bits per heavy atom. The maximum absolute atomic E-state index is 12.9. The molecule has 0 aliphatic carbocycles. The Balaban J connectivity index is 1.70. The van der Waals surface area contributed by atoms with E-state index in [1.54, 1.807) is 0 Å². The number of hydrogen-bond acceptors (Lipinski definition) is 10. The van der Waals surface area contributed by atoms with Gasteiger partial charge < -0.3 is 50.7 Å². The number of piperidine rings is 1. The Labute approximate surface area is 309 Å². The van der Waals surface area contributed by atoms with E-state index in [4.69, 9.17) is 9.47 Å². The van der Waals surface area contributed by atoms with Crippen molar-refractivity contribution < 1.29 is 44.9 Å². The third-order valence-electron chi connectivity index (χ3n) is 11.0. The van der Waals surface area contributed by atoms with E-state index in [0.29, 0.717) is 6.42 Å². The fourth-order valence-electron chi connectivity index (χ4n) is 7.49. The van der Waals surface area contributed by atoms with Crippen molar-refractivity contribution in [2.45, 2.75) is 216 Å². The van der Waals surface area contributed by atoms with Gasteiger partial charge in [0.15, 0.2) is 6.29 Å². The minimum atomic E-state index is -1.60. The summed E-state index contributed by atoms with van der Waals surface area (Å²) in [7, 11) is 0. The summed E-state index contributed by atoms with van der Waals surface area (Å²) in [5.74, 6) is 0.645. The van der Waals surface area contributed by atoms with Gasteiger partial charge in [0.05, 0.1) is 25.4 Å². The lowest BCUT2D eigenvalue weighted by Gasteiger charge is -2.40. The predicted molar refractivity (Wildman–Crippen MR) is 201 cm³/mol. The number of rotatable bonds is 31. The highest BCUT2D eigenvalue weighted by atomic mass is 16.7. The fraction of sp³-hybridized carbons (Fsp3) is 0.975. The van der Waals surface area contributed by atoms with Gasteiger partial charge in [-0.15, -0.1) is 0 Å². The summed E-state index contributed by atoms with van der Waals surface area (Å²) in [5.41, 5.74) is 0. The van der Waals surface area contributed by atoms with Crippen LogP contribution >= 0.6 is 0 Å². The van der Waals surface area contributed by atoms with Crippen LogP contribution in [0.25, 0.3) is 0 Å². The molecular formula is C40H78N2O9. The number of carbonyl (C=O) groups excluding carboxylic acids is 1. The van der Waals surface area contributed by atoms with Gasteiger partial charge in [0.2, 0.25) is 5.91 Å². The molecule has 2 fully saturated rings. The zero-order chi connectivity index (χ0) is 37.1. The van der Waals surface area contributed by atoms with Crippen LogP contribution < -0.4 is 10.6 Å². The van der Waals surface area contributed by atoms with Crippen LogP contribution in [0.2, 0.25) is 0 Å². The Morgan fingerprint density at radius 3 is 1.84 bits per heavy atom. The number of aliphatic hydroxyl groups is 6. The standard InChI is InChI=1S/C40H78N2O9/c1-2-3-4-5-6-7-8-9-10-14-17-20-23-33(44)36(46)32(30-50-40-39(49)38(48)37(47)34(29-43)51-40)42-35(45)24-21-18-15-12-11-13-16-19-22-31-25-27-41-28-26-31/h31-34,36-41,43-44,46-49H,2-30H2,1H3,(H,42,45)/t32-,33+,34+,36-,37-,38-,39+,40-/m0/s1. The van der Waals surface area contributed by atoms with E-state index in [9.17, 15) is 35.4 Å². The molecule has 0 aromatic heterocycles. The minimum Gasteiger partial charge on any atom is -0.394 e. The molecule has 8 N–H and O–H groups in total. The van der Waals surface area contributed by atoms with Crippen LogP contribution in [0, 0.1) is 5.92 Å². The molecule has 11 heteroatoms. The lowest BCUT2D eigenvalue weighted by atomic mass is 9.92. The molecule has 0 spiro atoms. The zero-order valence-corrected chi connectivity index (χ0v) is 32.1. The van der Waals surface area contributed by atoms with E-state index in [1.165, 1.54) is 109 Å². The molecule has 0 bridgehead atoms. The van der Waals surface area contributed by atoms with Crippen LogP contribution in [0.1, 0.15) is 167 Å². The largest absolute Gasteiger partial charge is 0.394 e. The lowest BCUT2D eigenvalue weighted by molar-refractivity contribution is -0.303. The van der Waals surface area contributed by atoms with Gasteiger partial charge in [-0.3, -0.25) is 4.79 Å². The smallest absolute Gasteiger partial charge is 0.220 e. The van der Waals surface area contributed by atoms with Crippen molar-refractivity contribution in [1.82, 2.24) is 10.6 Å². The first-order valence-corrected chi connectivity index (χ1v) is 21.1. The van der Waals surface area contributed by atoms with Crippen LogP contribution in [0.3, 0.4) is 0 Å². The summed E-state index contributed by atoms with van der Waals surface area (Å²) in [6.07, 6.45) is 18.3. The number of unbranched alkanes of at least 4 members (excludes halogenated alkanes) is 18. The maximum Gasteiger partial charge on any atom is 0.220 e. The number of hydrogen-bond donors (Lipinski definition) is 8. The van der Waals surface area contributed by atoms with Crippen LogP contribution in [0.4, 0.5) is 0 Å². The molecule has 0 saturated carbocycles. The van der Waals surface area contributed by atoms with E-state index in [-0.39, 0.29) is 18.9 Å². The molecule has 1 amide bonds. The molecule has 8 atom stereocenters. The highest BCUT2D eigenvalue weighted by Gasteiger charge is 2.44. The Kier molecular flexibility index (Phi) is 26.7. The van der Waals surface area contributed by atoms with E-state index in [1.807, 2.05) is 0 Å². The first-order valence-electron chi connectivity index (χ1n) is 21.1. The monoisotopic (exact) mass is 731 g/mol. The molecule has 0 radical (unpaired) electrons. The average Bonchev–Trinajstić information content (AvgIpc) is 3.14. The van der Waals surface area contributed by atoms with Gasteiger partial charge in [-0.2, -0.15) is 0 Å². The number of amides is 1. The fourth-order valence-corrected chi connectivity index (χ4v) is 7.49. The summed E-state index contributed by atoms with van der Waals surface area (Å²) in [4.78, 5) is 12.9. The number of nitrogens with one attached hydrogen (secondary N) is 2. The third kappa shape index (κ3) is 20.4. The topological polar surface area (TPSA) is 181 Å². The summed E-state index contributed by atoms with van der Waals surface area (Å²) in [5, 5.41) is 68.4. The Morgan fingerprint density at radius 2 is 1.27 bits per heavy atom. The molecule has 0 unspecified atom stereocenters. The van der Waals surface area contributed by atoms with E-state index in [0.717, 1.165) is 57.3 Å².